The molecule has 3 heteroatoms. The van der Waals surface area contributed by atoms with Crippen LogP contribution in [0.25, 0.3) is 0 Å². The Bertz CT molecular complexity index is 856. The maximum absolute atomic E-state index is 10.6. The summed E-state index contributed by atoms with van der Waals surface area (Å²) in [5.74, 6) is 5.18. The normalized spacial score (nSPS) is 11.4. The highest BCUT2D eigenvalue weighted by Gasteiger charge is 2.40. The number of aldehydes is 1. The van der Waals surface area contributed by atoms with Crippen molar-refractivity contribution in [3.8, 4) is 11.8 Å². The van der Waals surface area contributed by atoms with Gasteiger partial charge in [-0.25, -0.2) is 9.78 Å². The summed E-state index contributed by atoms with van der Waals surface area (Å²) in [4.78, 5) is 22.7. The fourth-order valence-corrected chi connectivity index (χ4v) is 3.05. The molecule has 0 atom stereocenters. The maximum atomic E-state index is 10.6. The molecule has 0 radical (unpaired) electrons. The summed E-state index contributed by atoms with van der Waals surface area (Å²) in [7, 11) is 0. The molecular weight excluding hydrogens is 348 g/mol. The summed E-state index contributed by atoms with van der Waals surface area (Å²) >= 11 is 0. The average molecular weight is 370 g/mol. The van der Waals surface area contributed by atoms with Crippen LogP contribution in [0.4, 0.5) is 0 Å². The molecule has 0 spiro atoms. The summed E-state index contributed by atoms with van der Waals surface area (Å²) < 4.78 is 0. The lowest BCUT2D eigenvalue weighted by Crippen LogP contribution is -2.36. The standard InChI is InChI=1S/C25H22O3/c1-24(2,19-12-20-26)27-28-25(21-13-6-3-7-14-21,22-15-8-4-9-16-22)23-17-10-5-11-18-23/h3-11,13-18,20H,1-2H3. The van der Waals surface area contributed by atoms with Gasteiger partial charge < -0.3 is 0 Å². The third kappa shape index (κ3) is 4.20. The minimum absolute atomic E-state index is 0.546. The van der Waals surface area contributed by atoms with E-state index in [1.165, 1.54) is 0 Å². The second-order valence-corrected chi connectivity index (χ2v) is 6.84. The van der Waals surface area contributed by atoms with Gasteiger partial charge in [0.05, 0.1) is 0 Å². The van der Waals surface area contributed by atoms with Crippen molar-refractivity contribution in [3.05, 3.63) is 108 Å². The number of hydrogen-bond acceptors (Lipinski definition) is 3. The first-order valence-corrected chi connectivity index (χ1v) is 9.08. The Morgan fingerprint density at radius 3 is 1.43 bits per heavy atom. The number of carbonyl (C=O) groups is 1. The van der Waals surface area contributed by atoms with E-state index in [-0.39, 0.29) is 0 Å². The molecule has 0 bridgehead atoms. The van der Waals surface area contributed by atoms with Crippen LogP contribution in [0, 0.1) is 11.8 Å². The Balaban J connectivity index is 2.18. The molecule has 3 rings (SSSR count). The van der Waals surface area contributed by atoms with Crippen LogP contribution in [0.15, 0.2) is 91.0 Å². The zero-order valence-corrected chi connectivity index (χ0v) is 16.0. The molecule has 0 aliphatic heterocycles. The van der Waals surface area contributed by atoms with Gasteiger partial charge in [-0.3, -0.25) is 4.79 Å². The molecule has 0 aliphatic rings. The van der Waals surface area contributed by atoms with Crippen LogP contribution in [-0.4, -0.2) is 11.9 Å². The van der Waals surface area contributed by atoms with Crippen molar-refractivity contribution in [3.63, 3.8) is 0 Å². The Morgan fingerprint density at radius 2 is 1.07 bits per heavy atom. The first-order chi connectivity index (χ1) is 13.6. The van der Waals surface area contributed by atoms with Crippen LogP contribution in [-0.2, 0) is 20.2 Å². The molecule has 28 heavy (non-hydrogen) atoms. The Morgan fingerprint density at radius 1 is 0.679 bits per heavy atom. The van der Waals surface area contributed by atoms with Crippen molar-refractivity contribution in [1.82, 2.24) is 0 Å². The number of hydrogen-bond donors (Lipinski definition) is 0. The van der Waals surface area contributed by atoms with Crippen molar-refractivity contribution in [2.45, 2.75) is 25.0 Å². The minimum atomic E-state index is -0.996. The monoisotopic (exact) mass is 370 g/mol. The molecular formula is C25H22O3. The predicted octanol–water partition coefficient (Wildman–Crippen LogP) is 4.91. The highest BCUT2D eigenvalue weighted by molar-refractivity contribution is 5.72. The molecule has 3 aromatic rings. The zero-order valence-electron chi connectivity index (χ0n) is 16.0. The van der Waals surface area contributed by atoms with Gasteiger partial charge in [-0.05, 0) is 36.5 Å². The highest BCUT2D eigenvalue weighted by atomic mass is 17.2. The molecule has 3 aromatic carbocycles. The summed E-state index contributed by atoms with van der Waals surface area (Å²) in [5.41, 5.74) is 0.804. The van der Waals surface area contributed by atoms with Crippen LogP contribution in [0.3, 0.4) is 0 Å². The SMILES string of the molecule is CC(C)(C#CC=O)OOC(c1ccccc1)(c1ccccc1)c1ccccc1. The summed E-state index contributed by atoms with van der Waals surface area (Å²) in [6.07, 6.45) is 0.546. The molecule has 0 amide bonds. The molecule has 0 aliphatic carbocycles. The van der Waals surface area contributed by atoms with Crippen molar-refractivity contribution in [2.75, 3.05) is 0 Å². The van der Waals surface area contributed by atoms with Crippen molar-refractivity contribution >= 4 is 6.29 Å². The van der Waals surface area contributed by atoms with E-state index in [0.29, 0.717) is 6.29 Å². The first kappa shape index (κ1) is 19.6. The van der Waals surface area contributed by atoms with Crippen LogP contribution in [0.1, 0.15) is 30.5 Å². The summed E-state index contributed by atoms with van der Waals surface area (Å²) in [6, 6.07) is 29.7. The Hall–Kier alpha value is -3.19. The smallest absolute Gasteiger partial charge is 0.192 e. The van der Waals surface area contributed by atoms with Crippen LogP contribution in [0.5, 0.6) is 0 Å². The molecule has 0 heterocycles. The topological polar surface area (TPSA) is 35.5 Å². The van der Waals surface area contributed by atoms with E-state index in [9.17, 15) is 4.79 Å². The van der Waals surface area contributed by atoms with Gasteiger partial charge in [0.15, 0.2) is 17.5 Å². The maximum Gasteiger partial charge on any atom is 0.192 e. The molecule has 0 saturated heterocycles. The molecule has 0 unspecified atom stereocenters. The fraction of sp³-hybridized carbons (Fsp3) is 0.160. The van der Waals surface area contributed by atoms with Crippen LogP contribution >= 0.6 is 0 Å². The highest BCUT2D eigenvalue weighted by Crippen LogP contribution is 2.41. The first-order valence-electron chi connectivity index (χ1n) is 9.08. The molecule has 0 N–H and O–H groups in total. The van der Waals surface area contributed by atoms with Crippen LogP contribution < -0.4 is 0 Å². The molecule has 0 fully saturated rings. The lowest BCUT2D eigenvalue weighted by Gasteiger charge is -2.36. The fourth-order valence-electron chi connectivity index (χ4n) is 3.05. The van der Waals surface area contributed by atoms with Gasteiger partial charge in [-0.1, -0.05) is 96.9 Å². The Kier molecular flexibility index (Phi) is 6.06. The second kappa shape index (κ2) is 8.67. The molecule has 140 valence electrons. The third-order valence-electron chi connectivity index (χ3n) is 4.35. The molecule has 3 nitrogen and oxygen atoms in total. The van der Waals surface area contributed by atoms with E-state index in [0.717, 1.165) is 16.7 Å². The van der Waals surface area contributed by atoms with Gasteiger partial charge in [0, 0.05) is 0 Å². The third-order valence-corrected chi connectivity index (χ3v) is 4.35. The van der Waals surface area contributed by atoms with Crippen molar-refractivity contribution in [2.24, 2.45) is 0 Å². The lowest BCUT2D eigenvalue weighted by molar-refractivity contribution is -0.381. The van der Waals surface area contributed by atoms with Gasteiger partial charge in [0.2, 0.25) is 0 Å². The van der Waals surface area contributed by atoms with Gasteiger partial charge in [-0.15, -0.1) is 0 Å². The van der Waals surface area contributed by atoms with Crippen LogP contribution in [0.2, 0.25) is 0 Å². The largest absolute Gasteiger partial charge is 0.289 e. The minimum Gasteiger partial charge on any atom is -0.289 e. The van der Waals surface area contributed by atoms with E-state index < -0.39 is 11.2 Å². The summed E-state index contributed by atoms with van der Waals surface area (Å²) in [6.45, 7) is 3.52. The Labute approximate surface area is 165 Å². The molecule has 0 aromatic heterocycles. The van der Waals surface area contributed by atoms with Crippen molar-refractivity contribution in [1.29, 1.82) is 0 Å². The quantitative estimate of drug-likeness (QED) is 0.203. The van der Waals surface area contributed by atoms with E-state index >= 15 is 0 Å². The van der Waals surface area contributed by atoms with Gasteiger partial charge in [0.25, 0.3) is 0 Å². The van der Waals surface area contributed by atoms with E-state index in [1.54, 1.807) is 13.8 Å². The van der Waals surface area contributed by atoms with E-state index in [1.807, 2.05) is 91.0 Å². The van der Waals surface area contributed by atoms with Gasteiger partial charge in [0.1, 0.15) is 0 Å². The zero-order chi connectivity index (χ0) is 19.9. The summed E-state index contributed by atoms with van der Waals surface area (Å²) in [5, 5.41) is 0. The number of rotatable bonds is 6. The van der Waals surface area contributed by atoms with Crippen molar-refractivity contribution < 1.29 is 14.6 Å². The predicted molar refractivity (Wildman–Crippen MR) is 109 cm³/mol. The van der Waals surface area contributed by atoms with E-state index in [2.05, 4.69) is 11.8 Å². The number of benzene rings is 3. The molecule has 0 saturated carbocycles. The lowest BCUT2D eigenvalue weighted by atomic mass is 9.80. The van der Waals surface area contributed by atoms with Gasteiger partial charge >= 0.3 is 0 Å². The van der Waals surface area contributed by atoms with E-state index in [4.69, 9.17) is 9.78 Å². The second-order valence-electron chi connectivity index (χ2n) is 6.84. The average Bonchev–Trinajstić information content (AvgIpc) is 2.75. The number of carbonyl (C=O) groups excluding carboxylic acids is 1. The van der Waals surface area contributed by atoms with Gasteiger partial charge in [-0.2, -0.15) is 0 Å².